The van der Waals surface area contributed by atoms with Gasteiger partial charge in [-0.05, 0) is 68.1 Å². The number of amides is 1. The van der Waals surface area contributed by atoms with Crippen molar-refractivity contribution in [2.45, 2.75) is 53.4 Å². The number of nitrogens with one attached hydrogen (secondary N) is 1. The molecule has 4 nitrogen and oxygen atoms in total. The van der Waals surface area contributed by atoms with Crippen LogP contribution in [0.4, 0.5) is 5.69 Å². The van der Waals surface area contributed by atoms with Gasteiger partial charge in [-0.25, -0.2) is 4.98 Å². The summed E-state index contributed by atoms with van der Waals surface area (Å²) in [6, 6.07) is 9.90. The van der Waals surface area contributed by atoms with E-state index in [9.17, 15) is 4.79 Å². The van der Waals surface area contributed by atoms with E-state index < -0.39 is 0 Å². The zero-order valence-corrected chi connectivity index (χ0v) is 16.0. The van der Waals surface area contributed by atoms with Crippen LogP contribution >= 0.6 is 0 Å². The van der Waals surface area contributed by atoms with Crippen molar-refractivity contribution >= 4 is 22.7 Å². The number of rotatable bonds is 6. The van der Waals surface area contributed by atoms with Gasteiger partial charge in [0.15, 0.2) is 5.58 Å². The Kier molecular flexibility index (Phi) is 5.40. The molecule has 26 heavy (non-hydrogen) atoms. The second kappa shape index (κ2) is 7.73. The minimum atomic E-state index is 0.0579. The van der Waals surface area contributed by atoms with Crippen LogP contribution in [0, 0.1) is 20.8 Å². The van der Waals surface area contributed by atoms with E-state index in [1.807, 2.05) is 37.3 Å². The third kappa shape index (κ3) is 3.79. The number of aromatic nitrogens is 1. The molecule has 0 aliphatic heterocycles. The van der Waals surface area contributed by atoms with Crippen LogP contribution < -0.4 is 5.32 Å². The van der Waals surface area contributed by atoms with E-state index in [1.165, 1.54) is 11.1 Å². The zero-order chi connectivity index (χ0) is 18.7. The summed E-state index contributed by atoms with van der Waals surface area (Å²) in [5.41, 5.74) is 6.72. The second-order valence-electron chi connectivity index (χ2n) is 6.91. The van der Waals surface area contributed by atoms with Crippen LogP contribution in [0.3, 0.4) is 0 Å². The fourth-order valence-corrected chi connectivity index (χ4v) is 3.05. The van der Waals surface area contributed by atoms with Crippen LogP contribution in [0.15, 0.2) is 34.7 Å². The lowest BCUT2D eigenvalue weighted by molar-refractivity contribution is -0.116. The number of unbranched alkanes of at least 4 members (excludes halogenated alkanes) is 2. The van der Waals surface area contributed by atoms with Gasteiger partial charge < -0.3 is 9.73 Å². The molecule has 0 unspecified atom stereocenters. The summed E-state index contributed by atoms with van der Waals surface area (Å²) in [4.78, 5) is 16.8. The number of fused-ring (bicyclic) bond motifs is 1. The van der Waals surface area contributed by atoms with Crippen molar-refractivity contribution in [2.75, 3.05) is 5.32 Å². The number of carbonyl (C=O) groups is 1. The van der Waals surface area contributed by atoms with Gasteiger partial charge in [-0.3, -0.25) is 4.79 Å². The Labute approximate surface area is 154 Å². The summed E-state index contributed by atoms with van der Waals surface area (Å²) in [5.74, 6) is 0.645. The summed E-state index contributed by atoms with van der Waals surface area (Å²) in [7, 11) is 0. The van der Waals surface area contributed by atoms with E-state index in [2.05, 4.69) is 31.1 Å². The van der Waals surface area contributed by atoms with Crippen molar-refractivity contribution < 1.29 is 9.21 Å². The van der Waals surface area contributed by atoms with Gasteiger partial charge >= 0.3 is 0 Å². The molecule has 3 aromatic rings. The van der Waals surface area contributed by atoms with Gasteiger partial charge in [0.25, 0.3) is 0 Å². The van der Waals surface area contributed by atoms with E-state index in [4.69, 9.17) is 4.42 Å². The average Bonchev–Trinajstić information content (AvgIpc) is 3.00. The molecule has 0 fully saturated rings. The fraction of sp³-hybridized carbons (Fsp3) is 0.364. The molecule has 3 rings (SSSR count). The maximum Gasteiger partial charge on any atom is 0.227 e. The molecule has 0 aliphatic carbocycles. The van der Waals surface area contributed by atoms with Crippen LogP contribution in [0.2, 0.25) is 0 Å². The first kappa shape index (κ1) is 18.2. The summed E-state index contributed by atoms with van der Waals surface area (Å²) in [5, 5.41) is 3.02. The summed E-state index contributed by atoms with van der Waals surface area (Å²) >= 11 is 0. The molecule has 1 aromatic heterocycles. The first-order valence-electron chi connectivity index (χ1n) is 9.27. The molecule has 1 amide bonds. The predicted octanol–water partition coefficient (Wildman–Crippen LogP) is 5.94. The van der Waals surface area contributed by atoms with Gasteiger partial charge in [-0.1, -0.05) is 25.8 Å². The first-order valence-corrected chi connectivity index (χ1v) is 9.27. The standard InChI is InChI=1S/C22H26N2O2/c1-5-6-7-11-21(25)23-18-10-8-9-17(16(18)4)22-24-19-12-14(2)15(3)13-20(19)26-22/h8-10,12-13H,5-7,11H2,1-4H3,(H,23,25). The lowest BCUT2D eigenvalue weighted by atomic mass is 10.1. The van der Waals surface area contributed by atoms with Gasteiger partial charge in [0.2, 0.25) is 11.8 Å². The Hall–Kier alpha value is -2.62. The monoisotopic (exact) mass is 350 g/mol. The van der Waals surface area contributed by atoms with Crippen molar-refractivity contribution in [1.29, 1.82) is 0 Å². The Balaban J connectivity index is 1.88. The number of hydrogen-bond acceptors (Lipinski definition) is 3. The molecule has 0 radical (unpaired) electrons. The third-order valence-corrected chi connectivity index (χ3v) is 4.85. The number of benzene rings is 2. The summed E-state index contributed by atoms with van der Waals surface area (Å²) < 4.78 is 5.99. The van der Waals surface area contributed by atoms with E-state index in [0.29, 0.717) is 12.3 Å². The topological polar surface area (TPSA) is 55.1 Å². The number of carbonyl (C=O) groups excluding carboxylic acids is 1. The van der Waals surface area contributed by atoms with Gasteiger partial charge in [-0.2, -0.15) is 0 Å². The Bertz CT molecular complexity index is 902. The SMILES string of the molecule is CCCCCC(=O)Nc1cccc(-c2nc3cc(C)c(C)cc3o2)c1C. The minimum Gasteiger partial charge on any atom is -0.436 e. The molecule has 0 atom stereocenters. The highest BCUT2D eigenvalue weighted by atomic mass is 16.3. The average molecular weight is 350 g/mol. The number of nitrogens with zero attached hydrogens (tertiary/aromatic N) is 1. The maximum absolute atomic E-state index is 12.2. The van der Waals surface area contributed by atoms with Gasteiger partial charge in [0.1, 0.15) is 5.52 Å². The zero-order valence-electron chi connectivity index (χ0n) is 16.0. The normalized spacial score (nSPS) is 11.1. The smallest absolute Gasteiger partial charge is 0.227 e. The minimum absolute atomic E-state index is 0.0579. The molecule has 1 heterocycles. The number of oxazole rings is 1. The largest absolute Gasteiger partial charge is 0.436 e. The fourth-order valence-electron chi connectivity index (χ4n) is 3.05. The van der Waals surface area contributed by atoms with Gasteiger partial charge in [-0.15, -0.1) is 0 Å². The highest BCUT2D eigenvalue weighted by molar-refractivity contribution is 5.92. The van der Waals surface area contributed by atoms with Crippen LogP contribution in [-0.2, 0) is 4.79 Å². The van der Waals surface area contributed by atoms with Crippen LogP contribution in [0.25, 0.3) is 22.6 Å². The summed E-state index contributed by atoms with van der Waals surface area (Å²) in [6.07, 6.45) is 3.66. The van der Waals surface area contributed by atoms with E-state index in [1.54, 1.807) is 0 Å². The Morgan fingerprint density at radius 3 is 2.65 bits per heavy atom. The summed E-state index contributed by atoms with van der Waals surface area (Å²) in [6.45, 7) is 8.26. The molecule has 0 saturated carbocycles. The van der Waals surface area contributed by atoms with E-state index in [-0.39, 0.29) is 5.91 Å². The third-order valence-electron chi connectivity index (χ3n) is 4.85. The Morgan fingerprint density at radius 1 is 1.12 bits per heavy atom. The lowest BCUT2D eigenvalue weighted by Crippen LogP contribution is -2.12. The molecule has 0 spiro atoms. The number of hydrogen-bond donors (Lipinski definition) is 1. The van der Waals surface area contributed by atoms with Crippen LogP contribution in [0.1, 0.15) is 49.3 Å². The van der Waals surface area contributed by atoms with Crippen molar-refractivity contribution in [3.63, 3.8) is 0 Å². The van der Waals surface area contributed by atoms with Crippen LogP contribution in [-0.4, -0.2) is 10.9 Å². The van der Waals surface area contributed by atoms with E-state index in [0.717, 1.165) is 47.2 Å². The Morgan fingerprint density at radius 2 is 1.88 bits per heavy atom. The van der Waals surface area contributed by atoms with E-state index >= 15 is 0 Å². The molecule has 0 aliphatic rings. The predicted molar refractivity (Wildman–Crippen MR) is 106 cm³/mol. The van der Waals surface area contributed by atoms with Gasteiger partial charge in [0.05, 0.1) is 0 Å². The molecule has 2 aromatic carbocycles. The molecule has 0 saturated heterocycles. The molecular formula is C22H26N2O2. The van der Waals surface area contributed by atoms with Crippen molar-refractivity contribution in [3.05, 3.63) is 47.0 Å². The van der Waals surface area contributed by atoms with Crippen molar-refractivity contribution in [1.82, 2.24) is 4.98 Å². The van der Waals surface area contributed by atoms with Crippen molar-refractivity contribution in [2.24, 2.45) is 0 Å². The number of aryl methyl sites for hydroxylation is 2. The molecule has 0 bridgehead atoms. The van der Waals surface area contributed by atoms with Gasteiger partial charge in [0, 0.05) is 17.7 Å². The van der Waals surface area contributed by atoms with Crippen molar-refractivity contribution in [3.8, 4) is 11.5 Å². The van der Waals surface area contributed by atoms with Crippen LogP contribution in [0.5, 0.6) is 0 Å². The maximum atomic E-state index is 12.2. The lowest BCUT2D eigenvalue weighted by Gasteiger charge is -2.10. The quantitative estimate of drug-likeness (QED) is 0.560. The molecule has 4 heteroatoms. The highest BCUT2D eigenvalue weighted by Gasteiger charge is 2.14. The molecule has 1 N–H and O–H groups in total. The second-order valence-corrected chi connectivity index (χ2v) is 6.91. The molecule has 136 valence electrons. The number of anilines is 1. The molecular weight excluding hydrogens is 324 g/mol. The highest BCUT2D eigenvalue weighted by Crippen LogP contribution is 2.31. The first-order chi connectivity index (χ1) is 12.5.